The molecule has 0 bridgehead atoms. The molecule has 1 atom stereocenters. The van der Waals surface area contributed by atoms with Crippen molar-refractivity contribution in [2.24, 2.45) is 0 Å². The molecule has 1 aliphatic heterocycles. The Balaban J connectivity index is 1.92. The van der Waals surface area contributed by atoms with E-state index >= 15 is 0 Å². The zero-order chi connectivity index (χ0) is 12.5. The summed E-state index contributed by atoms with van der Waals surface area (Å²) < 4.78 is 5.46. The molecule has 0 aromatic heterocycles. The lowest BCUT2D eigenvalue weighted by atomic mass is 9.99. The van der Waals surface area contributed by atoms with Crippen molar-refractivity contribution in [1.29, 1.82) is 0 Å². The molecule has 0 spiro atoms. The van der Waals surface area contributed by atoms with E-state index in [1.807, 2.05) is 30.3 Å². The fraction of sp³-hybridized carbons (Fsp3) is 0.200. The summed E-state index contributed by atoms with van der Waals surface area (Å²) in [5, 5.41) is 11.0. The number of hydrogen-bond donors (Lipinski definition) is 1. The first kappa shape index (κ1) is 11.6. The fourth-order valence-electron chi connectivity index (χ4n) is 2.21. The number of aliphatic hydroxyl groups is 1. The second kappa shape index (κ2) is 4.63. The van der Waals surface area contributed by atoms with E-state index in [9.17, 15) is 5.11 Å². The average Bonchev–Trinajstić information content (AvgIpc) is 2.86. The van der Waals surface area contributed by atoms with E-state index in [0.717, 1.165) is 29.9 Å². The number of aliphatic hydroxyl groups excluding tert-OH is 1. The second-order valence-electron chi connectivity index (χ2n) is 4.42. The third-order valence-electron chi connectivity index (χ3n) is 3.21. The van der Waals surface area contributed by atoms with E-state index in [4.69, 9.17) is 16.3 Å². The van der Waals surface area contributed by atoms with Crippen LogP contribution in [0.3, 0.4) is 0 Å². The van der Waals surface area contributed by atoms with E-state index in [2.05, 4.69) is 0 Å². The van der Waals surface area contributed by atoms with Crippen molar-refractivity contribution >= 4 is 11.6 Å². The van der Waals surface area contributed by atoms with E-state index in [1.54, 1.807) is 12.1 Å². The Morgan fingerprint density at radius 2 is 1.78 bits per heavy atom. The summed E-state index contributed by atoms with van der Waals surface area (Å²) in [5.74, 6) is 0.932. The summed E-state index contributed by atoms with van der Waals surface area (Å²) in [4.78, 5) is 0. The Kier molecular flexibility index (Phi) is 2.98. The molecule has 0 fully saturated rings. The van der Waals surface area contributed by atoms with Gasteiger partial charge < -0.3 is 9.84 Å². The summed E-state index contributed by atoms with van der Waals surface area (Å²) >= 11 is 5.84. The number of fused-ring (bicyclic) bond motifs is 1. The summed E-state index contributed by atoms with van der Waals surface area (Å²) in [7, 11) is 0. The monoisotopic (exact) mass is 260 g/mol. The van der Waals surface area contributed by atoms with Crippen LogP contribution in [0.1, 0.15) is 22.8 Å². The predicted molar refractivity (Wildman–Crippen MR) is 71.2 cm³/mol. The molecule has 18 heavy (non-hydrogen) atoms. The molecule has 1 aliphatic rings. The van der Waals surface area contributed by atoms with Crippen molar-refractivity contribution in [3.05, 3.63) is 64.2 Å². The van der Waals surface area contributed by atoms with E-state index in [1.165, 1.54) is 5.56 Å². The Morgan fingerprint density at radius 3 is 2.56 bits per heavy atom. The third-order valence-corrected chi connectivity index (χ3v) is 3.47. The molecule has 2 aromatic rings. The summed E-state index contributed by atoms with van der Waals surface area (Å²) in [6.07, 6.45) is 0.296. The molecule has 0 saturated carbocycles. The van der Waals surface area contributed by atoms with Gasteiger partial charge >= 0.3 is 0 Å². The van der Waals surface area contributed by atoms with Gasteiger partial charge in [-0.05, 0) is 41.0 Å². The van der Waals surface area contributed by atoms with Gasteiger partial charge in [-0.1, -0.05) is 29.8 Å². The van der Waals surface area contributed by atoms with Gasteiger partial charge in [-0.3, -0.25) is 0 Å². The number of hydrogen-bond acceptors (Lipinski definition) is 2. The largest absolute Gasteiger partial charge is 0.493 e. The molecular formula is C15H13ClO2. The zero-order valence-corrected chi connectivity index (χ0v) is 10.5. The van der Waals surface area contributed by atoms with Gasteiger partial charge in [0.05, 0.1) is 6.61 Å². The smallest absolute Gasteiger partial charge is 0.122 e. The Hall–Kier alpha value is -1.51. The Morgan fingerprint density at radius 1 is 1.06 bits per heavy atom. The van der Waals surface area contributed by atoms with Gasteiger partial charge in [0, 0.05) is 11.4 Å². The quantitative estimate of drug-likeness (QED) is 0.897. The molecule has 0 amide bonds. The van der Waals surface area contributed by atoms with Crippen molar-refractivity contribution in [3.63, 3.8) is 0 Å². The second-order valence-corrected chi connectivity index (χ2v) is 4.86. The highest BCUT2D eigenvalue weighted by Gasteiger charge is 2.16. The van der Waals surface area contributed by atoms with Gasteiger partial charge in [0.2, 0.25) is 0 Å². The zero-order valence-electron chi connectivity index (χ0n) is 9.77. The topological polar surface area (TPSA) is 29.5 Å². The minimum absolute atomic E-state index is 0.617. The van der Waals surface area contributed by atoms with E-state index < -0.39 is 6.10 Å². The van der Waals surface area contributed by atoms with Gasteiger partial charge in [-0.2, -0.15) is 0 Å². The highest BCUT2D eigenvalue weighted by atomic mass is 35.5. The molecule has 92 valence electrons. The molecule has 0 radical (unpaired) electrons. The lowest BCUT2D eigenvalue weighted by molar-refractivity contribution is 0.220. The van der Waals surface area contributed by atoms with Gasteiger partial charge in [-0.15, -0.1) is 0 Å². The molecule has 3 heteroatoms. The van der Waals surface area contributed by atoms with Crippen molar-refractivity contribution < 1.29 is 9.84 Å². The maximum absolute atomic E-state index is 10.3. The number of benzene rings is 2. The summed E-state index contributed by atoms with van der Waals surface area (Å²) in [6, 6.07) is 13.1. The SMILES string of the molecule is OC(c1ccc(Cl)cc1)c1ccc2c(c1)CCO2. The minimum atomic E-state index is -0.617. The molecule has 3 rings (SSSR count). The van der Waals surface area contributed by atoms with Crippen molar-refractivity contribution in [2.75, 3.05) is 6.61 Å². The van der Waals surface area contributed by atoms with E-state index in [0.29, 0.717) is 5.02 Å². The number of ether oxygens (including phenoxy) is 1. The van der Waals surface area contributed by atoms with Gasteiger partial charge in [0.25, 0.3) is 0 Å². The molecular weight excluding hydrogens is 248 g/mol. The Bertz CT molecular complexity index is 563. The number of rotatable bonds is 2. The van der Waals surface area contributed by atoms with Crippen LogP contribution in [0.5, 0.6) is 5.75 Å². The van der Waals surface area contributed by atoms with Gasteiger partial charge in [-0.25, -0.2) is 0 Å². The number of halogens is 1. The van der Waals surface area contributed by atoms with Crippen molar-refractivity contribution in [1.82, 2.24) is 0 Å². The first-order valence-corrected chi connectivity index (χ1v) is 6.31. The van der Waals surface area contributed by atoms with E-state index in [-0.39, 0.29) is 0 Å². The molecule has 1 N–H and O–H groups in total. The van der Waals surface area contributed by atoms with Crippen LogP contribution in [0, 0.1) is 0 Å². The molecule has 1 unspecified atom stereocenters. The maximum Gasteiger partial charge on any atom is 0.122 e. The molecule has 0 saturated heterocycles. The van der Waals surface area contributed by atoms with Crippen LogP contribution in [0.25, 0.3) is 0 Å². The molecule has 2 nitrogen and oxygen atoms in total. The lowest BCUT2D eigenvalue weighted by Crippen LogP contribution is -1.99. The van der Waals surface area contributed by atoms with Gasteiger partial charge in [0.15, 0.2) is 0 Å². The van der Waals surface area contributed by atoms with Crippen LogP contribution in [0.15, 0.2) is 42.5 Å². The maximum atomic E-state index is 10.3. The first-order chi connectivity index (χ1) is 8.74. The van der Waals surface area contributed by atoms with Crippen LogP contribution in [0.4, 0.5) is 0 Å². The van der Waals surface area contributed by atoms with Crippen LogP contribution in [0.2, 0.25) is 5.02 Å². The highest BCUT2D eigenvalue weighted by molar-refractivity contribution is 6.30. The standard InChI is InChI=1S/C15H13ClO2/c16-13-4-1-10(2-5-13)15(17)12-3-6-14-11(9-12)7-8-18-14/h1-6,9,15,17H,7-8H2. The minimum Gasteiger partial charge on any atom is -0.493 e. The average molecular weight is 261 g/mol. The highest BCUT2D eigenvalue weighted by Crippen LogP contribution is 2.30. The third kappa shape index (κ3) is 2.09. The first-order valence-electron chi connectivity index (χ1n) is 5.93. The molecule has 1 heterocycles. The molecule has 2 aromatic carbocycles. The van der Waals surface area contributed by atoms with Crippen LogP contribution in [-0.4, -0.2) is 11.7 Å². The van der Waals surface area contributed by atoms with Gasteiger partial charge in [0.1, 0.15) is 11.9 Å². The van der Waals surface area contributed by atoms with Crippen LogP contribution < -0.4 is 4.74 Å². The normalized spacial score (nSPS) is 15.0. The summed E-state index contributed by atoms with van der Waals surface area (Å²) in [6.45, 7) is 0.732. The lowest BCUT2D eigenvalue weighted by Gasteiger charge is -2.12. The van der Waals surface area contributed by atoms with Crippen LogP contribution in [-0.2, 0) is 6.42 Å². The Labute approximate surface area is 111 Å². The van der Waals surface area contributed by atoms with Crippen molar-refractivity contribution in [3.8, 4) is 5.75 Å². The predicted octanol–water partition coefficient (Wildman–Crippen LogP) is 3.36. The fourth-order valence-corrected chi connectivity index (χ4v) is 2.34. The molecule has 0 aliphatic carbocycles. The summed E-state index contributed by atoms with van der Waals surface area (Å²) in [5.41, 5.74) is 2.90. The van der Waals surface area contributed by atoms with Crippen molar-refractivity contribution in [2.45, 2.75) is 12.5 Å². The van der Waals surface area contributed by atoms with Crippen LogP contribution >= 0.6 is 11.6 Å².